The minimum Gasteiger partial charge on any atom is -0.322 e. The fourth-order valence-electron chi connectivity index (χ4n) is 3.72. The van der Waals surface area contributed by atoms with Crippen LogP contribution in [-0.4, -0.2) is 30.8 Å². The van der Waals surface area contributed by atoms with Crippen LogP contribution in [0.25, 0.3) is 0 Å². The second-order valence-electron chi connectivity index (χ2n) is 6.92. The smallest absolute Gasteiger partial charge is 0.255 e. The van der Waals surface area contributed by atoms with E-state index in [0.29, 0.717) is 30.8 Å². The third-order valence-corrected chi connectivity index (χ3v) is 5.11. The van der Waals surface area contributed by atoms with E-state index in [2.05, 4.69) is 5.32 Å². The molecule has 138 valence electrons. The van der Waals surface area contributed by atoms with Crippen LogP contribution >= 0.6 is 0 Å². The van der Waals surface area contributed by atoms with Crippen LogP contribution < -0.4 is 15.1 Å². The topological polar surface area (TPSA) is 69.7 Å². The van der Waals surface area contributed by atoms with Gasteiger partial charge in [-0.15, -0.1) is 0 Å². The van der Waals surface area contributed by atoms with Gasteiger partial charge in [0.2, 0.25) is 11.8 Å². The number of hydrogen-bond donors (Lipinski definition) is 1. The van der Waals surface area contributed by atoms with Crippen molar-refractivity contribution in [1.29, 1.82) is 0 Å². The predicted molar refractivity (Wildman–Crippen MR) is 104 cm³/mol. The first kappa shape index (κ1) is 17.3. The first-order valence-electron chi connectivity index (χ1n) is 9.16. The van der Waals surface area contributed by atoms with Crippen molar-refractivity contribution in [3.05, 3.63) is 53.6 Å². The average molecular weight is 363 g/mol. The highest BCUT2D eigenvalue weighted by Crippen LogP contribution is 2.31. The van der Waals surface area contributed by atoms with Crippen LogP contribution in [0.5, 0.6) is 0 Å². The molecule has 1 N–H and O–H groups in total. The van der Waals surface area contributed by atoms with Gasteiger partial charge in [0.15, 0.2) is 0 Å². The van der Waals surface area contributed by atoms with Crippen LogP contribution in [0.4, 0.5) is 17.1 Å². The Morgan fingerprint density at radius 1 is 1.04 bits per heavy atom. The van der Waals surface area contributed by atoms with Crippen molar-refractivity contribution >= 4 is 34.8 Å². The molecule has 0 aromatic heterocycles. The van der Waals surface area contributed by atoms with Crippen molar-refractivity contribution in [3.63, 3.8) is 0 Å². The molecule has 1 saturated heterocycles. The summed E-state index contributed by atoms with van der Waals surface area (Å²) in [5, 5.41) is 2.90. The molecule has 0 unspecified atom stereocenters. The van der Waals surface area contributed by atoms with E-state index in [1.807, 2.05) is 24.3 Å². The Labute approximate surface area is 157 Å². The van der Waals surface area contributed by atoms with Crippen molar-refractivity contribution < 1.29 is 14.4 Å². The zero-order valence-corrected chi connectivity index (χ0v) is 15.2. The summed E-state index contributed by atoms with van der Waals surface area (Å²) in [6.07, 6.45) is 2.23. The molecule has 6 nitrogen and oxygen atoms in total. The molecule has 2 heterocycles. The van der Waals surface area contributed by atoms with E-state index in [4.69, 9.17) is 0 Å². The summed E-state index contributed by atoms with van der Waals surface area (Å²) < 4.78 is 0. The number of hydrogen-bond acceptors (Lipinski definition) is 3. The van der Waals surface area contributed by atoms with Crippen molar-refractivity contribution in [3.8, 4) is 0 Å². The van der Waals surface area contributed by atoms with Gasteiger partial charge in [-0.05, 0) is 48.7 Å². The second-order valence-corrected chi connectivity index (χ2v) is 6.92. The van der Waals surface area contributed by atoms with Gasteiger partial charge in [-0.3, -0.25) is 14.4 Å². The molecule has 0 radical (unpaired) electrons. The van der Waals surface area contributed by atoms with Gasteiger partial charge in [-0.1, -0.05) is 12.1 Å². The van der Waals surface area contributed by atoms with Crippen molar-refractivity contribution in [1.82, 2.24) is 0 Å². The van der Waals surface area contributed by atoms with Crippen LogP contribution in [0.1, 0.15) is 35.7 Å². The largest absolute Gasteiger partial charge is 0.322 e. The minimum atomic E-state index is -0.240. The molecule has 2 aromatic carbocycles. The van der Waals surface area contributed by atoms with E-state index in [-0.39, 0.29) is 17.7 Å². The van der Waals surface area contributed by atoms with E-state index in [0.717, 1.165) is 29.8 Å². The summed E-state index contributed by atoms with van der Waals surface area (Å²) in [4.78, 5) is 39.8. The van der Waals surface area contributed by atoms with Gasteiger partial charge in [0.25, 0.3) is 5.91 Å². The number of fused-ring (bicyclic) bond motifs is 1. The number of rotatable bonds is 3. The molecule has 4 rings (SSSR count). The third kappa shape index (κ3) is 3.30. The van der Waals surface area contributed by atoms with Gasteiger partial charge < -0.3 is 15.1 Å². The fourth-order valence-corrected chi connectivity index (χ4v) is 3.72. The summed E-state index contributed by atoms with van der Waals surface area (Å²) in [7, 11) is 0. The van der Waals surface area contributed by atoms with Crippen LogP contribution in [0.2, 0.25) is 0 Å². The summed E-state index contributed by atoms with van der Waals surface area (Å²) >= 11 is 0. The average Bonchev–Trinajstić information content (AvgIpc) is 3.27. The van der Waals surface area contributed by atoms with Gasteiger partial charge in [0.1, 0.15) is 0 Å². The van der Waals surface area contributed by atoms with Gasteiger partial charge in [0, 0.05) is 49.1 Å². The maximum atomic E-state index is 12.7. The highest BCUT2D eigenvalue weighted by atomic mass is 16.2. The van der Waals surface area contributed by atoms with Crippen LogP contribution in [0, 0.1) is 0 Å². The van der Waals surface area contributed by atoms with Crippen molar-refractivity contribution in [2.75, 3.05) is 28.2 Å². The van der Waals surface area contributed by atoms with Crippen LogP contribution in [-0.2, 0) is 16.0 Å². The molecule has 2 aromatic rings. The van der Waals surface area contributed by atoms with E-state index in [9.17, 15) is 14.4 Å². The van der Waals surface area contributed by atoms with E-state index >= 15 is 0 Å². The summed E-state index contributed by atoms with van der Waals surface area (Å²) in [6, 6.07) is 12.8. The van der Waals surface area contributed by atoms with Crippen molar-refractivity contribution in [2.45, 2.75) is 26.2 Å². The Morgan fingerprint density at radius 3 is 2.63 bits per heavy atom. The Morgan fingerprint density at radius 2 is 1.89 bits per heavy atom. The first-order valence-corrected chi connectivity index (χ1v) is 9.16. The number of amides is 3. The summed E-state index contributed by atoms with van der Waals surface area (Å²) in [6.45, 7) is 2.91. The molecule has 0 bridgehead atoms. The number of nitrogens with one attached hydrogen (secondary N) is 1. The lowest BCUT2D eigenvalue weighted by molar-refractivity contribution is -0.117. The highest BCUT2D eigenvalue weighted by molar-refractivity contribution is 6.06. The van der Waals surface area contributed by atoms with Gasteiger partial charge in [0.05, 0.1) is 0 Å². The molecular weight excluding hydrogens is 342 g/mol. The lowest BCUT2D eigenvalue weighted by atomic mass is 10.1. The van der Waals surface area contributed by atoms with E-state index < -0.39 is 0 Å². The zero-order chi connectivity index (χ0) is 19.0. The van der Waals surface area contributed by atoms with Crippen LogP contribution in [0.15, 0.2) is 42.5 Å². The van der Waals surface area contributed by atoms with E-state index in [1.54, 1.807) is 34.9 Å². The Balaban J connectivity index is 1.54. The molecule has 3 amide bonds. The molecular formula is C21H21N3O3. The Kier molecular flexibility index (Phi) is 4.39. The summed E-state index contributed by atoms with van der Waals surface area (Å²) in [5.74, 6) is -0.147. The number of carbonyl (C=O) groups is 3. The number of benzene rings is 2. The zero-order valence-electron chi connectivity index (χ0n) is 15.2. The standard InChI is InChI=1S/C21H21N3O3/c1-14(25)23-11-9-15-7-8-17(13-19(15)23)22-21(27)16-4-2-5-18(12-16)24-10-3-6-20(24)26/h2,4-5,7-8,12-13H,3,6,9-11H2,1H3,(H,22,27). The minimum absolute atomic E-state index is 0.000193. The predicted octanol–water partition coefficient (Wildman–Crippen LogP) is 2.97. The van der Waals surface area contributed by atoms with Gasteiger partial charge >= 0.3 is 0 Å². The fraction of sp³-hybridized carbons (Fsp3) is 0.286. The molecule has 27 heavy (non-hydrogen) atoms. The first-order chi connectivity index (χ1) is 13.0. The molecule has 1 fully saturated rings. The van der Waals surface area contributed by atoms with Gasteiger partial charge in [-0.25, -0.2) is 0 Å². The quantitative estimate of drug-likeness (QED) is 0.911. The SMILES string of the molecule is CC(=O)N1CCc2ccc(NC(=O)c3cccc(N4CCCC4=O)c3)cc21. The number of anilines is 3. The number of nitrogens with zero attached hydrogens (tertiary/aromatic N) is 2. The molecule has 6 heteroatoms. The van der Waals surface area contributed by atoms with Gasteiger partial charge in [-0.2, -0.15) is 0 Å². The van der Waals surface area contributed by atoms with Crippen LogP contribution in [0.3, 0.4) is 0 Å². The normalized spacial score (nSPS) is 15.8. The van der Waals surface area contributed by atoms with E-state index in [1.165, 1.54) is 0 Å². The maximum Gasteiger partial charge on any atom is 0.255 e. The molecule has 0 saturated carbocycles. The third-order valence-electron chi connectivity index (χ3n) is 5.11. The Hall–Kier alpha value is -3.15. The second kappa shape index (κ2) is 6.87. The monoisotopic (exact) mass is 363 g/mol. The maximum absolute atomic E-state index is 12.7. The molecule has 0 aliphatic carbocycles. The Bertz CT molecular complexity index is 938. The number of carbonyl (C=O) groups excluding carboxylic acids is 3. The molecule has 2 aliphatic heterocycles. The lowest BCUT2D eigenvalue weighted by Gasteiger charge is -2.17. The molecule has 0 spiro atoms. The highest BCUT2D eigenvalue weighted by Gasteiger charge is 2.24. The summed E-state index contributed by atoms with van der Waals surface area (Å²) in [5.41, 5.74) is 3.86. The molecule has 0 atom stereocenters. The molecule has 2 aliphatic rings. The lowest BCUT2D eigenvalue weighted by Crippen LogP contribution is -2.25. The van der Waals surface area contributed by atoms with Crippen molar-refractivity contribution in [2.24, 2.45) is 0 Å².